The zero-order valence-corrected chi connectivity index (χ0v) is 13.9. The Hall–Kier alpha value is -0.920. The van der Waals surface area contributed by atoms with Crippen molar-refractivity contribution >= 4 is 27.3 Å². The molecular formula is C14H20N2O3S2. The van der Waals surface area contributed by atoms with Crippen molar-refractivity contribution in [2.24, 2.45) is 5.41 Å². The van der Waals surface area contributed by atoms with Crippen LogP contribution < -0.4 is 4.72 Å². The molecule has 1 amide bonds. The minimum absolute atomic E-state index is 0.0403. The van der Waals surface area contributed by atoms with Crippen LogP contribution in [0.2, 0.25) is 0 Å². The number of hydrogen-bond donors (Lipinski definition) is 1. The van der Waals surface area contributed by atoms with Crippen LogP contribution in [0, 0.1) is 12.3 Å². The Labute approximate surface area is 129 Å². The first-order chi connectivity index (χ1) is 9.78. The van der Waals surface area contributed by atoms with E-state index in [0.29, 0.717) is 0 Å². The molecule has 21 heavy (non-hydrogen) atoms. The number of nitrogens with one attached hydrogen (secondary N) is 1. The van der Waals surface area contributed by atoms with E-state index in [1.54, 1.807) is 0 Å². The van der Waals surface area contributed by atoms with E-state index < -0.39 is 10.0 Å². The molecule has 5 nitrogen and oxygen atoms in total. The van der Waals surface area contributed by atoms with Crippen LogP contribution in [0.25, 0.3) is 0 Å². The van der Waals surface area contributed by atoms with Gasteiger partial charge in [0.05, 0.1) is 11.1 Å². The third-order valence-electron chi connectivity index (χ3n) is 4.52. The van der Waals surface area contributed by atoms with Crippen LogP contribution >= 0.6 is 11.3 Å². The maximum atomic E-state index is 12.5. The van der Waals surface area contributed by atoms with E-state index in [4.69, 9.17) is 0 Å². The van der Waals surface area contributed by atoms with Gasteiger partial charge in [0.2, 0.25) is 10.0 Å². The molecule has 1 aromatic heterocycles. The van der Waals surface area contributed by atoms with Gasteiger partial charge in [-0.05, 0) is 48.6 Å². The molecule has 2 heterocycles. The average molecular weight is 328 g/mol. The van der Waals surface area contributed by atoms with E-state index in [1.807, 2.05) is 23.3 Å². The lowest BCUT2D eigenvalue weighted by atomic mass is 9.65. The molecule has 1 saturated carbocycles. The summed E-state index contributed by atoms with van der Waals surface area (Å²) in [6, 6.07) is 2.01. The molecule has 2 aliphatic rings. The van der Waals surface area contributed by atoms with Crippen LogP contribution in [-0.2, 0) is 10.0 Å². The second kappa shape index (κ2) is 5.07. The van der Waals surface area contributed by atoms with E-state index in [1.165, 1.54) is 17.6 Å². The van der Waals surface area contributed by atoms with E-state index in [-0.39, 0.29) is 17.4 Å². The fourth-order valence-corrected chi connectivity index (χ4v) is 5.21. The van der Waals surface area contributed by atoms with Gasteiger partial charge in [0, 0.05) is 19.1 Å². The Morgan fingerprint density at radius 2 is 2.19 bits per heavy atom. The maximum Gasteiger partial charge on any atom is 0.264 e. The normalized spacial score (nSPS) is 28.9. The van der Waals surface area contributed by atoms with Crippen molar-refractivity contribution < 1.29 is 13.2 Å². The lowest BCUT2D eigenvalue weighted by molar-refractivity contribution is 0.0692. The van der Waals surface area contributed by atoms with Crippen molar-refractivity contribution in [3.63, 3.8) is 0 Å². The molecule has 2 fully saturated rings. The SMILES string of the molecule is Cc1ccsc1C(=O)N1CCC2(CC(NS(C)(=O)=O)C2)C1. The molecule has 7 heteroatoms. The van der Waals surface area contributed by atoms with Gasteiger partial charge in [-0.15, -0.1) is 11.3 Å². The summed E-state index contributed by atoms with van der Waals surface area (Å²) in [5.74, 6) is 0.124. The van der Waals surface area contributed by atoms with Crippen molar-refractivity contribution in [2.75, 3.05) is 19.3 Å². The number of carbonyl (C=O) groups is 1. The van der Waals surface area contributed by atoms with Gasteiger partial charge in [0.15, 0.2) is 0 Å². The Bertz CT molecular complexity index is 660. The number of sulfonamides is 1. The fourth-order valence-electron chi connectivity index (χ4n) is 3.55. The second-order valence-corrected chi connectivity index (χ2v) is 9.10. The van der Waals surface area contributed by atoms with E-state index >= 15 is 0 Å². The standard InChI is InChI=1S/C14H20N2O3S2/c1-10-3-6-20-12(10)13(17)16-5-4-14(9-16)7-11(8-14)15-21(2,18)19/h3,6,11,15H,4-5,7-9H2,1-2H3. The molecule has 0 radical (unpaired) electrons. The molecule has 1 aromatic rings. The van der Waals surface area contributed by atoms with Gasteiger partial charge in [-0.25, -0.2) is 13.1 Å². The van der Waals surface area contributed by atoms with Crippen LogP contribution in [0.1, 0.15) is 34.5 Å². The molecule has 1 aliphatic carbocycles. The highest BCUT2D eigenvalue weighted by molar-refractivity contribution is 7.88. The molecule has 1 aliphatic heterocycles. The smallest absolute Gasteiger partial charge is 0.264 e. The second-order valence-electron chi connectivity index (χ2n) is 6.40. The summed E-state index contributed by atoms with van der Waals surface area (Å²) >= 11 is 1.50. The molecule has 0 atom stereocenters. The van der Waals surface area contributed by atoms with Crippen molar-refractivity contribution in [2.45, 2.75) is 32.2 Å². The predicted molar refractivity (Wildman–Crippen MR) is 83.0 cm³/mol. The minimum atomic E-state index is -3.13. The summed E-state index contributed by atoms with van der Waals surface area (Å²) in [7, 11) is -3.13. The first kappa shape index (κ1) is 15.0. The van der Waals surface area contributed by atoms with Crippen LogP contribution in [-0.4, -0.2) is 44.6 Å². The highest BCUT2D eigenvalue weighted by Gasteiger charge is 2.50. The number of hydrogen-bond acceptors (Lipinski definition) is 4. The van der Waals surface area contributed by atoms with E-state index in [2.05, 4.69) is 4.72 Å². The zero-order valence-electron chi connectivity index (χ0n) is 12.3. The van der Waals surface area contributed by atoms with Gasteiger partial charge < -0.3 is 4.90 Å². The topological polar surface area (TPSA) is 66.5 Å². The largest absolute Gasteiger partial charge is 0.337 e. The molecule has 1 saturated heterocycles. The summed E-state index contributed by atoms with van der Waals surface area (Å²) in [5, 5.41) is 1.95. The molecule has 116 valence electrons. The van der Waals surface area contributed by atoms with Gasteiger partial charge in [0.1, 0.15) is 0 Å². The zero-order chi connectivity index (χ0) is 15.3. The molecule has 1 spiro atoms. The first-order valence-corrected chi connectivity index (χ1v) is 9.86. The molecule has 0 unspecified atom stereocenters. The average Bonchev–Trinajstić information content (AvgIpc) is 2.92. The molecule has 1 N–H and O–H groups in total. The number of likely N-dealkylation sites (tertiary alicyclic amines) is 1. The van der Waals surface area contributed by atoms with Gasteiger partial charge in [0.25, 0.3) is 5.91 Å². The fraction of sp³-hybridized carbons (Fsp3) is 0.643. The highest BCUT2D eigenvalue weighted by Crippen LogP contribution is 2.48. The van der Waals surface area contributed by atoms with Crippen molar-refractivity contribution in [3.05, 3.63) is 21.9 Å². The van der Waals surface area contributed by atoms with E-state index in [0.717, 1.165) is 42.8 Å². The number of rotatable bonds is 3. The van der Waals surface area contributed by atoms with Gasteiger partial charge in [-0.2, -0.15) is 0 Å². The molecule has 0 aromatic carbocycles. The number of aryl methyl sites for hydroxylation is 1. The number of amides is 1. The summed E-state index contributed by atoms with van der Waals surface area (Å²) in [4.78, 5) is 15.2. The summed E-state index contributed by atoms with van der Waals surface area (Å²) < 4.78 is 25.1. The molecular weight excluding hydrogens is 308 g/mol. The Morgan fingerprint density at radius 1 is 1.48 bits per heavy atom. The monoisotopic (exact) mass is 328 g/mol. The quantitative estimate of drug-likeness (QED) is 0.916. The lowest BCUT2D eigenvalue weighted by Gasteiger charge is -2.45. The third kappa shape index (κ3) is 3.00. The summed E-state index contributed by atoms with van der Waals surface area (Å²) in [6.45, 7) is 3.50. The van der Waals surface area contributed by atoms with Crippen molar-refractivity contribution in [1.82, 2.24) is 9.62 Å². The minimum Gasteiger partial charge on any atom is -0.337 e. The number of nitrogens with zero attached hydrogens (tertiary/aromatic N) is 1. The van der Waals surface area contributed by atoms with Crippen LogP contribution in [0.5, 0.6) is 0 Å². The Morgan fingerprint density at radius 3 is 2.76 bits per heavy atom. The van der Waals surface area contributed by atoms with Crippen LogP contribution in [0.3, 0.4) is 0 Å². The van der Waals surface area contributed by atoms with Gasteiger partial charge in [-0.3, -0.25) is 4.79 Å². The van der Waals surface area contributed by atoms with Crippen LogP contribution in [0.15, 0.2) is 11.4 Å². The third-order valence-corrected chi connectivity index (χ3v) is 6.29. The van der Waals surface area contributed by atoms with Crippen LogP contribution in [0.4, 0.5) is 0 Å². The highest BCUT2D eigenvalue weighted by atomic mass is 32.2. The first-order valence-electron chi connectivity index (χ1n) is 7.09. The van der Waals surface area contributed by atoms with Gasteiger partial charge in [-0.1, -0.05) is 0 Å². The molecule has 3 rings (SSSR count). The summed E-state index contributed by atoms with van der Waals surface area (Å²) in [6.07, 6.45) is 3.85. The number of thiophene rings is 1. The van der Waals surface area contributed by atoms with Gasteiger partial charge >= 0.3 is 0 Å². The number of carbonyl (C=O) groups excluding carboxylic acids is 1. The van der Waals surface area contributed by atoms with Crippen molar-refractivity contribution in [3.8, 4) is 0 Å². The van der Waals surface area contributed by atoms with E-state index in [9.17, 15) is 13.2 Å². The predicted octanol–water partition coefficient (Wildman–Crippen LogP) is 1.60. The Kier molecular flexibility index (Phi) is 3.62. The maximum absolute atomic E-state index is 12.5. The lowest BCUT2D eigenvalue weighted by Crippen LogP contribution is -2.51. The van der Waals surface area contributed by atoms with Crippen molar-refractivity contribution in [1.29, 1.82) is 0 Å². The summed E-state index contributed by atoms with van der Waals surface area (Å²) in [5.41, 5.74) is 1.17. The Balaban J connectivity index is 1.60. The molecule has 0 bridgehead atoms.